The fraction of sp³-hybridized carbons (Fsp3) is 0.333. The van der Waals surface area contributed by atoms with E-state index < -0.39 is 5.54 Å². The van der Waals surface area contributed by atoms with Gasteiger partial charge in [0.2, 0.25) is 5.91 Å². The molecule has 0 radical (unpaired) electrons. The number of carbonyl (C=O) groups excluding carboxylic acids is 2. The normalized spacial score (nSPS) is 19.7. The van der Waals surface area contributed by atoms with E-state index in [2.05, 4.69) is 15.3 Å². The van der Waals surface area contributed by atoms with Crippen molar-refractivity contribution in [2.24, 2.45) is 0 Å². The molecule has 2 heterocycles. The number of hydrogen-bond acceptors (Lipinski definition) is 4. The Kier molecular flexibility index (Phi) is 4.74. The Morgan fingerprint density at radius 2 is 2.04 bits per heavy atom. The lowest BCUT2D eigenvalue weighted by Crippen LogP contribution is -2.55. The second-order valence-corrected chi connectivity index (χ2v) is 5.98. The first-order chi connectivity index (χ1) is 12.1. The molecular formula is C18H19FN4O2. The molecule has 1 unspecified atom stereocenters. The van der Waals surface area contributed by atoms with Gasteiger partial charge in [-0.25, -0.2) is 4.39 Å². The quantitative estimate of drug-likeness (QED) is 0.912. The van der Waals surface area contributed by atoms with Crippen LogP contribution in [0.5, 0.6) is 0 Å². The van der Waals surface area contributed by atoms with Crippen molar-refractivity contribution < 1.29 is 14.0 Å². The summed E-state index contributed by atoms with van der Waals surface area (Å²) in [7, 11) is 1.54. The first-order valence-corrected chi connectivity index (χ1v) is 8.11. The lowest BCUT2D eigenvalue weighted by molar-refractivity contribution is -0.145. The van der Waals surface area contributed by atoms with Crippen LogP contribution in [-0.2, 0) is 21.5 Å². The maximum absolute atomic E-state index is 13.1. The van der Waals surface area contributed by atoms with Crippen LogP contribution < -0.4 is 5.32 Å². The van der Waals surface area contributed by atoms with Gasteiger partial charge in [-0.1, -0.05) is 12.1 Å². The number of halogens is 1. The SMILES string of the molecule is CNC(=O)C1(c2cnccn2)CCCN1C(=O)Cc1ccc(F)cc1. The van der Waals surface area contributed by atoms with Gasteiger partial charge in [-0.05, 0) is 30.5 Å². The fourth-order valence-corrected chi connectivity index (χ4v) is 3.37. The molecule has 6 nitrogen and oxygen atoms in total. The van der Waals surface area contributed by atoms with Crippen LogP contribution >= 0.6 is 0 Å². The fourth-order valence-electron chi connectivity index (χ4n) is 3.37. The van der Waals surface area contributed by atoms with Crippen LogP contribution in [0.4, 0.5) is 4.39 Å². The Bertz CT molecular complexity index is 766. The van der Waals surface area contributed by atoms with Gasteiger partial charge in [-0.15, -0.1) is 0 Å². The monoisotopic (exact) mass is 342 g/mol. The minimum atomic E-state index is -1.15. The number of likely N-dealkylation sites (N-methyl/N-ethyl adjacent to an activating group) is 1. The maximum atomic E-state index is 13.1. The van der Waals surface area contributed by atoms with E-state index in [-0.39, 0.29) is 24.1 Å². The van der Waals surface area contributed by atoms with Crippen molar-refractivity contribution in [1.29, 1.82) is 0 Å². The Morgan fingerprint density at radius 1 is 1.28 bits per heavy atom. The zero-order valence-corrected chi connectivity index (χ0v) is 13.9. The standard InChI is InChI=1S/C18H19FN4O2/c1-20-17(25)18(15-12-21-8-9-22-15)7-2-10-23(18)16(24)11-13-3-5-14(19)6-4-13/h3-6,8-9,12H,2,7,10-11H2,1H3,(H,20,25). The van der Waals surface area contributed by atoms with Gasteiger partial charge >= 0.3 is 0 Å². The van der Waals surface area contributed by atoms with Gasteiger partial charge < -0.3 is 10.2 Å². The molecule has 2 aromatic rings. The van der Waals surface area contributed by atoms with Gasteiger partial charge in [0, 0.05) is 26.0 Å². The number of nitrogens with one attached hydrogen (secondary N) is 1. The maximum Gasteiger partial charge on any atom is 0.252 e. The molecule has 0 aliphatic carbocycles. The van der Waals surface area contributed by atoms with E-state index in [1.54, 1.807) is 24.1 Å². The van der Waals surface area contributed by atoms with Crippen molar-refractivity contribution in [1.82, 2.24) is 20.2 Å². The van der Waals surface area contributed by atoms with Gasteiger partial charge in [-0.2, -0.15) is 0 Å². The molecule has 1 aliphatic heterocycles. The van der Waals surface area contributed by atoms with Crippen molar-refractivity contribution in [2.45, 2.75) is 24.8 Å². The van der Waals surface area contributed by atoms with E-state index >= 15 is 0 Å². The van der Waals surface area contributed by atoms with Gasteiger partial charge in [0.15, 0.2) is 5.54 Å². The molecule has 0 saturated carbocycles. The van der Waals surface area contributed by atoms with Crippen LogP contribution in [0.25, 0.3) is 0 Å². The Labute approximate surface area is 145 Å². The predicted octanol–water partition coefficient (Wildman–Crippen LogP) is 1.42. The summed E-state index contributed by atoms with van der Waals surface area (Å²) < 4.78 is 13.1. The number of likely N-dealkylation sites (tertiary alicyclic amines) is 1. The zero-order chi connectivity index (χ0) is 17.9. The van der Waals surface area contributed by atoms with E-state index in [0.29, 0.717) is 30.6 Å². The summed E-state index contributed by atoms with van der Waals surface area (Å²) in [6.45, 7) is 0.462. The highest BCUT2D eigenvalue weighted by molar-refractivity contribution is 5.93. The van der Waals surface area contributed by atoms with Crippen molar-refractivity contribution in [3.8, 4) is 0 Å². The van der Waals surface area contributed by atoms with E-state index in [4.69, 9.17) is 0 Å². The molecule has 130 valence electrons. The molecule has 1 N–H and O–H groups in total. The van der Waals surface area contributed by atoms with Gasteiger partial charge in [0.05, 0.1) is 18.3 Å². The molecule has 25 heavy (non-hydrogen) atoms. The summed E-state index contributed by atoms with van der Waals surface area (Å²) in [5.41, 5.74) is 0.00249. The second-order valence-electron chi connectivity index (χ2n) is 5.98. The molecule has 1 saturated heterocycles. The van der Waals surface area contributed by atoms with Gasteiger partial charge in [-0.3, -0.25) is 19.6 Å². The number of benzene rings is 1. The van der Waals surface area contributed by atoms with Gasteiger partial charge in [0.1, 0.15) is 5.82 Å². The Morgan fingerprint density at radius 3 is 2.68 bits per heavy atom. The topological polar surface area (TPSA) is 75.2 Å². The molecule has 0 bridgehead atoms. The number of carbonyl (C=O) groups is 2. The minimum absolute atomic E-state index is 0.0965. The van der Waals surface area contributed by atoms with Crippen LogP contribution in [-0.4, -0.2) is 40.3 Å². The van der Waals surface area contributed by atoms with Crippen molar-refractivity contribution >= 4 is 11.8 Å². The molecule has 7 heteroatoms. The van der Waals surface area contributed by atoms with Crippen LogP contribution in [0.15, 0.2) is 42.9 Å². The van der Waals surface area contributed by atoms with E-state index in [1.807, 2.05) is 0 Å². The third-order valence-electron chi connectivity index (χ3n) is 4.54. The van der Waals surface area contributed by atoms with E-state index in [0.717, 1.165) is 0 Å². The summed E-state index contributed by atoms with van der Waals surface area (Å²) in [5, 5.41) is 2.65. The van der Waals surface area contributed by atoms with Crippen LogP contribution in [0.1, 0.15) is 24.1 Å². The lowest BCUT2D eigenvalue weighted by Gasteiger charge is -2.36. The average Bonchev–Trinajstić information content (AvgIpc) is 3.10. The highest BCUT2D eigenvalue weighted by atomic mass is 19.1. The molecule has 3 rings (SSSR count). The summed E-state index contributed by atoms with van der Waals surface area (Å²) >= 11 is 0. The molecule has 2 amide bonds. The number of aromatic nitrogens is 2. The molecule has 0 spiro atoms. The lowest BCUT2D eigenvalue weighted by atomic mass is 9.90. The third-order valence-corrected chi connectivity index (χ3v) is 4.54. The second kappa shape index (κ2) is 6.96. The molecular weight excluding hydrogens is 323 g/mol. The molecule has 1 aromatic carbocycles. The number of rotatable bonds is 4. The number of nitrogens with zero attached hydrogens (tertiary/aromatic N) is 3. The molecule has 1 atom stereocenters. The third kappa shape index (κ3) is 3.09. The number of amides is 2. The van der Waals surface area contributed by atoms with Crippen LogP contribution in [0, 0.1) is 5.82 Å². The van der Waals surface area contributed by atoms with E-state index in [9.17, 15) is 14.0 Å². The highest BCUT2D eigenvalue weighted by Crippen LogP contribution is 2.38. The largest absolute Gasteiger partial charge is 0.357 e. The Hall–Kier alpha value is -2.83. The summed E-state index contributed by atoms with van der Waals surface area (Å²) in [6.07, 6.45) is 5.85. The first-order valence-electron chi connectivity index (χ1n) is 8.11. The van der Waals surface area contributed by atoms with Crippen molar-refractivity contribution in [3.63, 3.8) is 0 Å². The number of hydrogen-bond donors (Lipinski definition) is 1. The summed E-state index contributed by atoms with van der Waals surface area (Å²) in [5.74, 6) is -0.826. The first kappa shape index (κ1) is 17.0. The van der Waals surface area contributed by atoms with Crippen molar-refractivity contribution in [2.75, 3.05) is 13.6 Å². The molecule has 1 fully saturated rings. The van der Waals surface area contributed by atoms with Gasteiger partial charge in [0.25, 0.3) is 5.91 Å². The summed E-state index contributed by atoms with van der Waals surface area (Å²) in [6, 6.07) is 5.79. The highest BCUT2D eigenvalue weighted by Gasteiger charge is 2.51. The van der Waals surface area contributed by atoms with Crippen LogP contribution in [0.2, 0.25) is 0 Å². The minimum Gasteiger partial charge on any atom is -0.357 e. The Balaban J connectivity index is 1.94. The molecule has 1 aromatic heterocycles. The predicted molar refractivity (Wildman–Crippen MR) is 88.8 cm³/mol. The zero-order valence-electron chi connectivity index (χ0n) is 13.9. The van der Waals surface area contributed by atoms with E-state index in [1.165, 1.54) is 30.7 Å². The van der Waals surface area contributed by atoms with Crippen LogP contribution in [0.3, 0.4) is 0 Å². The molecule has 1 aliphatic rings. The average molecular weight is 342 g/mol. The smallest absolute Gasteiger partial charge is 0.252 e. The summed E-state index contributed by atoms with van der Waals surface area (Å²) in [4.78, 5) is 35.6. The van der Waals surface area contributed by atoms with Crippen molar-refractivity contribution in [3.05, 3.63) is 59.9 Å².